The molecule has 0 aliphatic carbocycles. The first-order valence-electron chi connectivity index (χ1n) is 10.9. The fraction of sp³-hybridized carbons (Fsp3) is 0.750. The molecule has 1 saturated heterocycles. The lowest BCUT2D eigenvalue weighted by Crippen LogP contribution is -2.23. The predicted octanol–water partition coefficient (Wildman–Crippen LogP) is 6.54. The highest BCUT2D eigenvalue weighted by Crippen LogP contribution is 2.22. The molecule has 27 heavy (non-hydrogen) atoms. The molecule has 1 fully saturated rings. The molecule has 3 heteroatoms. The molecule has 1 rings (SSSR count). The summed E-state index contributed by atoms with van der Waals surface area (Å²) in [5, 5.41) is 0. The van der Waals surface area contributed by atoms with Crippen LogP contribution in [0.5, 0.6) is 0 Å². The van der Waals surface area contributed by atoms with E-state index in [1.54, 1.807) is 12.3 Å². The normalized spacial score (nSPS) is 18.9. The van der Waals surface area contributed by atoms with Crippen molar-refractivity contribution in [3.8, 4) is 11.8 Å². The van der Waals surface area contributed by atoms with Crippen molar-refractivity contribution < 1.29 is 14.2 Å². The molecule has 0 amide bonds. The zero-order valence-corrected chi connectivity index (χ0v) is 17.8. The molecule has 0 aromatic carbocycles. The SMILES string of the molecule is CCCCCCCCCCCC/C=C\C#C/C=C\OC[C@@H]1COC(C)(C)O1. The van der Waals surface area contributed by atoms with Crippen LogP contribution in [0.2, 0.25) is 0 Å². The number of rotatable bonds is 14. The summed E-state index contributed by atoms with van der Waals surface area (Å²) < 4.78 is 16.5. The van der Waals surface area contributed by atoms with Gasteiger partial charge in [-0.15, -0.1) is 0 Å². The van der Waals surface area contributed by atoms with E-state index in [1.165, 1.54) is 64.2 Å². The molecule has 0 bridgehead atoms. The zero-order valence-electron chi connectivity index (χ0n) is 17.8. The maximum absolute atomic E-state index is 5.65. The molecule has 0 unspecified atom stereocenters. The Morgan fingerprint density at radius 1 is 0.926 bits per heavy atom. The maximum Gasteiger partial charge on any atom is 0.163 e. The standard InChI is InChI=1S/C24H40O3/c1-4-5-6-7-8-9-10-11-12-13-14-15-16-17-18-19-20-25-21-23-22-26-24(2,3)27-23/h15-16,19-20,23H,4-14,21-22H2,1-3H3/b16-15-,20-19-/t23-/m1/s1. The lowest BCUT2D eigenvalue weighted by atomic mass is 10.1. The summed E-state index contributed by atoms with van der Waals surface area (Å²) in [6, 6.07) is 0. The Bertz CT molecular complexity index is 468. The molecular weight excluding hydrogens is 336 g/mol. The smallest absolute Gasteiger partial charge is 0.163 e. The molecule has 3 nitrogen and oxygen atoms in total. The fourth-order valence-corrected chi connectivity index (χ4v) is 3.08. The van der Waals surface area contributed by atoms with Crippen molar-refractivity contribution in [3.05, 3.63) is 24.5 Å². The predicted molar refractivity (Wildman–Crippen MR) is 113 cm³/mol. The van der Waals surface area contributed by atoms with Gasteiger partial charge in [0, 0.05) is 6.08 Å². The van der Waals surface area contributed by atoms with Crippen LogP contribution in [0.4, 0.5) is 0 Å². The minimum atomic E-state index is -0.489. The van der Waals surface area contributed by atoms with Crippen LogP contribution < -0.4 is 0 Å². The van der Waals surface area contributed by atoms with Crippen molar-refractivity contribution in [1.29, 1.82) is 0 Å². The summed E-state index contributed by atoms with van der Waals surface area (Å²) in [7, 11) is 0. The van der Waals surface area contributed by atoms with E-state index in [9.17, 15) is 0 Å². The van der Waals surface area contributed by atoms with Gasteiger partial charge in [-0.25, -0.2) is 0 Å². The van der Waals surface area contributed by atoms with Gasteiger partial charge < -0.3 is 14.2 Å². The number of hydrogen-bond acceptors (Lipinski definition) is 3. The number of unbranched alkanes of at least 4 members (excludes halogenated alkanes) is 10. The van der Waals surface area contributed by atoms with E-state index < -0.39 is 5.79 Å². The van der Waals surface area contributed by atoms with Crippen molar-refractivity contribution in [2.75, 3.05) is 13.2 Å². The van der Waals surface area contributed by atoms with E-state index >= 15 is 0 Å². The molecular formula is C24H40O3. The van der Waals surface area contributed by atoms with Crippen molar-refractivity contribution in [1.82, 2.24) is 0 Å². The van der Waals surface area contributed by atoms with Crippen LogP contribution in [0, 0.1) is 11.8 Å². The van der Waals surface area contributed by atoms with Crippen molar-refractivity contribution in [2.45, 2.75) is 103 Å². The molecule has 0 spiro atoms. The minimum Gasteiger partial charge on any atom is -0.498 e. The molecule has 0 radical (unpaired) electrons. The van der Waals surface area contributed by atoms with Gasteiger partial charge in [0.1, 0.15) is 12.7 Å². The van der Waals surface area contributed by atoms with Crippen molar-refractivity contribution >= 4 is 0 Å². The Balaban J connectivity index is 1.87. The van der Waals surface area contributed by atoms with Crippen LogP contribution in [-0.2, 0) is 14.2 Å². The first kappa shape index (κ1) is 23.8. The highest BCUT2D eigenvalue weighted by molar-refractivity contribution is 5.22. The van der Waals surface area contributed by atoms with Gasteiger partial charge in [0.2, 0.25) is 0 Å². The van der Waals surface area contributed by atoms with Crippen molar-refractivity contribution in [2.24, 2.45) is 0 Å². The lowest BCUT2D eigenvalue weighted by Gasteiger charge is -2.16. The molecule has 0 saturated carbocycles. The zero-order chi connectivity index (χ0) is 19.6. The van der Waals surface area contributed by atoms with E-state index in [1.807, 2.05) is 19.9 Å². The van der Waals surface area contributed by atoms with E-state index in [0.717, 1.165) is 6.42 Å². The lowest BCUT2D eigenvalue weighted by molar-refractivity contribution is -0.142. The van der Waals surface area contributed by atoms with Crippen molar-refractivity contribution in [3.63, 3.8) is 0 Å². The summed E-state index contributed by atoms with van der Waals surface area (Å²) >= 11 is 0. The Hall–Kier alpha value is -1.24. The second-order valence-electron chi connectivity index (χ2n) is 7.75. The van der Waals surface area contributed by atoms with Gasteiger partial charge in [0.05, 0.1) is 12.9 Å². The highest BCUT2D eigenvalue weighted by Gasteiger charge is 2.32. The number of hydrogen-bond donors (Lipinski definition) is 0. The molecule has 0 aromatic heterocycles. The van der Waals surface area contributed by atoms with Crippen LogP contribution >= 0.6 is 0 Å². The maximum atomic E-state index is 5.65. The van der Waals surface area contributed by atoms with Crippen LogP contribution in [0.1, 0.15) is 91.4 Å². The largest absolute Gasteiger partial charge is 0.498 e. The summed E-state index contributed by atoms with van der Waals surface area (Å²) in [5.41, 5.74) is 0. The van der Waals surface area contributed by atoms with Crippen LogP contribution in [-0.4, -0.2) is 25.1 Å². The van der Waals surface area contributed by atoms with E-state index in [-0.39, 0.29) is 6.10 Å². The summed E-state index contributed by atoms with van der Waals surface area (Å²) in [6.07, 6.45) is 22.4. The van der Waals surface area contributed by atoms with Gasteiger partial charge in [-0.2, -0.15) is 0 Å². The Morgan fingerprint density at radius 3 is 2.19 bits per heavy atom. The van der Waals surface area contributed by atoms with Gasteiger partial charge in [-0.3, -0.25) is 0 Å². The Kier molecular flexibility index (Phi) is 13.9. The first-order valence-corrected chi connectivity index (χ1v) is 10.9. The van der Waals surface area contributed by atoms with Gasteiger partial charge in [0.25, 0.3) is 0 Å². The molecule has 154 valence electrons. The Labute approximate surface area is 167 Å². The third kappa shape index (κ3) is 14.5. The van der Waals surface area contributed by atoms with Gasteiger partial charge in [0.15, 0.2) is 5.79 Å². The first-order chi connectivity index (χ1) is 13.1. The van der Waals surface area contributed by atoms with Gasteiger partial charge in [-0.1, -0.05) is 82.6 Å². The van der Waals surface area contributed by atoms with Crippen LogP contribution in [0.15, 0.2) is 24.5 Å². The van der Waals surface area contributed by atoms with Crippen LogP contribution in [0.3, 0.4) is 0 Å². The second-order valence-corrected chi connectivity index (χ2v) is 7.75. The average molecular weight is 377 g/mol. The molecule has 0 aromatic rings. The average Bonchev–Trinajstić information content (AvgIpc) is 2.99. The molecule has 1 heterocycles. The molecule has 0 N–H and O–H groups in total. The second kappa shape index (κ2) is 15.8. The number of ether oxygens (including phenoxy) is 3. The minimum absolute atomic E-state index is 0.00133. The monoisotopic (exact) mass is 376 g/mol. The summed E-state index contributed by atoms with van der Waals surface area (Å²) in [5.74, 6) is 5.47. The molecule has 1 atom stereocenters. The Morgan fingerprint density at radius 2 is 1.56 bits per heavy atom. The third-order valence-electron chi connectivity index (χ3n) is 4.61. The highest BCUT2D eigenvalue weighted by atomic mass is 16.7. The van der Waals surface area contributed by atoms with E-state index in [4.69, 9.17) is 14.2 Å². The fourth-order valence-electron chi connectivity index (χ4n) is 3.08. The molecule has 1 aliphatic heterocycles. The summed E-state index contributed by atoms with van der Waals surface area (Å²) in [4.78, 5) is 0. The van der Waals surface area contributed by atoms with E-state index in [2.05, 4.69) is 24.8 Å². The topological polar surface area (TPSA) is 27.7 Å². The van der Waals surface area contributed by atoms with Crippen LogP contribution in [0.25, 0.3) is 0 Å². The van der Waals surface area contributed by atoms with Gasteiger partial charge in [-0.05, 0) is 32.8 Å². The summed E-state index contributed by atoms with van der Waals surface area (Å²) in [6.45, 7) is 7.17. The quantitative estimate of drug-likeness (QED) is 0.196. The molecule has 1 aliphatic rings. The van der Waals surface area contributed by atoms with E-state index in [0.29, 0.717) is 13.2 Å². The third-order valence-corrected chi connectivity index (χ3v) is 4.61. The number of allylic oxidation sites excluding steroid dienone is 3. The van der Waals surface area contributed by atoms with Gasteiger partial charge >= 0.3 is 0 Å².